The van der Waals surface area contributed by atoms with E-state index in [0.717, 1.165) is 16.8 Å². The van der Waals surface area contributed by atoms with E-state index in [1.807, 2.05) is 54.6 Å². The molecule has 1 unspecified atom stereocenters. The fraction of sp³-hybridized carbons (Fsp3) is 0.188. The van der Waals surface area contributed by atoms with Crippen LogP contribution in [0.5, 0.6) is 0 Å². The van der Waals surface area contributed by atoms with Gasteiger partial charge in [0.15, 0.2) is 0 Å². The number of fused-ring (bicyclic) bond motifs is 1. The summed E-state index contributed by atoms with van der Waals surface area (Å²) in [7, 11) is 0. The summed E-state index contributed by atoms with van der Waals surface area (Å²) in [6.07, 6.45) is 0.442. The molecule has 21 heavy (non-hydrogen) atoms. The number of ether oxygens (including phenoxy) is 1. The highest BCUT2D eigenvalue weighted by atomic mass is 35.6. The second-order valence-electron chi connectivity index (χ2n) is 4.76. The topological polar surface area (TPSA) is 21.6 Å². The van der Waals surface area contributed by atoms with Gasteiger partial charge in [0.1, 0.15) is 6.10 Å². The second kappa shape index (κ2) is 5.88. The minimum absolute atomic E-state index is 0.103. The van der Waals surface area contributed by atoms with Crippen LogP contribution in [0.1, 0.15) is 17.2 Å². The number of benzene rings is 2. The van der Waals surface area contributed by atoms with Crippen LogP contribution >= 0.6 is 34.8 Å². The standard InChI is InChI=1S/C16H12Cl3NO/c17-16(18,19)15-20-13-9-5-4-8-12(13)10-14(21-15)11-6-2-1-3-7-11/h1-9,14H,10H2. The fourth-order valence-electron chi connectivity index (χ4n) is 2.29. The lowest BCUT2D eigenvalue weighted by molar-refractivity contribution is 0.191. The Hall–Kier alpha value is -1.22. The zero-order valence-corrected chi connectivity index (χ0v) is 13.2. The number of aliphatic imine (C=N–C) groups is 1. The van der Waals surface area contributed by atoms with Gasteiger partial charge in [-0.2, -0.15) is 0 Å². The summed E-state index contributed by atoms with van der Waals surface area (Å²) >= 11 is 17.9. The Morgan fingerprint density at radius 1 is 0.952 bits per heavy atom. The molecule has 0 fully saturated rings. The normalized spacial score (nSPS) is 18.2. The molecule has 1 heterocycles. The first-order chi connectivity index (χ1) is 10.0. The van der Waals surface area contributed by atoms with Crippen LogP contribution in [0.2, 0.25) is 0 Å². The van der Waals surface area contributed by atoms with E-state index in [-0.39, 0.29) is 12.0 Å². The highest BCUT2D eigenvalue weighted by Crippen LogP contribution is 2.38. The van der Waals surface area contributed by atoms with Gasteiger partial charge in [-0.05, 0) is 17.2 Å². The van der Waals surface area contributed by atoms with Gasteiger partial charge < -0.3 is 4.74 Å². The molecule has 2 nitrogen and oxygen atoms in total. The van der Waals surface area contributed by atoms with E-state index in [9.17, 15) is 0 Å². The minimum Gasteiger partial charge on any atom is -0.469 e. The smallest absolute Gasteiger partial charge is 0.266 e. The van der Waals surface area contributed by atoms with Crippen molar-refractivity contribution in [3.63, 3.8) is 0 Å². The van der Waals surface area contributed by atoms with Crippen molar-refractivity contribution in [2.45, 2.75) is 16.3 Å². The predicted octanol–water partition coefficient (Wildman–Crippen LogP) is 5.40. The molecule has 1 atom stereocenters. The lowest BCUT2D eigenvalue weighted by Gasteiger charge is -2.21. The van der Waals surface area contributed by atoms with Crippen LogP contribution in [0.15, 0.2) is 59.6 Å². The van der Waals surface area contributed by atoms with Gasteiger partial charge >= 0.3 is 0 Å². The Labute approximate surface area is 138 Å². The van der Waals surface area contributed by atoms with E-state index in [4.69, 9.17) is 39.5 Å². The van der Waals surface area contributed by atoms with Crippen molar-refractivity contribution in [3.05, 3.63) is 65.7 Å². The monoisotopic (exact) mass is 339 g/mol. The summed E-state index contributed by atoms with van der Waals surface area (Å²) in [4.78, 5) is 4.38. The minimum atomic E-state index is -1.69. The van der Waals surface area contributed by atoms with Crippen LogP contribution < -0.4 is 0 Å². The van der Waals surface area contributed by atoms with Crippen LogP contribution in [-0.4, -0.2) is 9.69 Å². The number of halogens is 3. The SMILES string of the molecule is ClC(Cl)(Cl)C1=Nc2ccccc2CC(c2ccccc2)O1. The molecule has 0 saturated heterocycles. The molecule has 0 amide bonds. The molecular formula is C16H12Cl3NO. The zero-order valence-electron chi connectivity index (χ0n) is 11.0. The zero-order chi connectivity index (χ0) is 14.9. The quantitative estimate of drug-likeness (QED) is 0.637. The maximum atomic E-state index is 5.98. The van der Waals surface area contributed by atoms with E-state index >= 15 is 0 Å². The number of rotatable bonds is 1. The Morgan fingerprint density at radius 2 is 1.62 bits per heavy atom. The van der Waals surface area contributed by atoms with Crippen molar-refractivity contribution >= 4 is 46.4 Å². The van der Waals surface area contributed by atoms with Gasteiger partial charge in [0.25, 0.3) is 3.79 Å². The molecule has 1 aliphatic rings. The van der Waals surface area contributed by atoms with E-state index in [1.165, 1.54) is 0 Å². The molecule has 3 rings (SSSR count). The average molecular weight is 341 g/mol. The molecule has 0 aliphatic carbocycles. The Bertz CT molecular complexity index is 665. The first-order valence-electron chi connectivity index (χ1n) is 6.49. The summed E-state index contributed by atoms with van der Waals surface area (Å²) in [5.74, 6) is 0.103. The highest BCUT2D eigenvalue weighted by Gasteiger charge is 2.34. The molecule has 2 aromatic rings. The van der Waals surface area contributed by atoms with Gasteiger partial charge in [-0.3, -0.25) is 0 Å². The summed E-state index contributed by atoms with van der Waals surface area (Å²) in [5, 5.41) is 0. The van der Waals surface area contributed by atoms with E-state index < -0.39 is 3.79 Å². The van der Waals surface area contributed by atoms with Crippen LogP contribution in [0, 0.1) is 0 Å². The Morgan fingerprint density at radius 3 is 2.33 bits per heavy atom. The third-order valence-electron chi connectivity index (χ3n) is 3.29. The van der Waals surface area contributed by atoms with Crippen molar-refractivity contribution in [2.24, 2.45) is 4.99 Å². The summed E-state index contributed by atoms with van der Waals surface area (Å²) in [6.45, 7) is 0. The fourth-order valence-corrected chi connectivity index (χ4v) is 2.55. The lowest BCUT2D eigenvalue weighted by Crippen LogP contribution is -2.24. The van der Waals surface area contributed by atoms with Crippen LogP contribution in [-0.2, 0) is 11.2 Å². The number of alkyl halides is 3. The molecule has 1 aliphatic heterocycles. The van der Waals surface area contributed by atoms with Gasteiger partial charge in [-0.25, -0.2) is 4.99 Å². The van der Waals surface area contributed by atoms with Crippen LogP contribution in [0.4, 0.5) is 5.69 Å². The summed E-state index contributed by atoms with van der Waals surface area (Å²) < 4.78 is 4.21. The highest BCUT2D eigenvalue weighted by molar-refractivity contribution is 6.76. The first kappa shape index (κ1) is 14.7. The van der Waals surface area contributed by atoms with Gasteiger partial charge in [-0.15, -0.1) is 0 Å². The molecule has 2 aromatic carbocycles. The first-order valence-corrected chi connectivity index (χ1v) is 7.63. The van der Waals surface area contributed by atoms with E-state index in [2.05, 4.69) is 4.99 Å². The van der Waals surface area contributed by atoms with Gasteiger partial charge in [0, 0.05) is 6.42 Å². The lowest BCUT2D eigenvalue weighted by atomic mass is 10.0. The molecule has 5 heteroatoms. The third kappa shape index (κ3) is 3.34. The largest absolute Gasteiger partial charge is 0.469 e. The Balaban J connectivity index is 2.06. The summed E-state index contributed by atoms with van der Waals surface area (Å²) in [6, 6.07) is 17.6. The van der Waals surface area contributed by atoms with Crippen molar-refractivity contribution in [1.82, 2.24) is 0 Å². The molecule has 0 spiro atoms. The average Bonchev–Trinajstić information content (AvgIpc) is 2.67. The molecule has 0 aromatic heterocycles. The molecule has 0 saturated carbocycles. The number of nitrogens with zero attached hydrogens (tertiary/aromatic N) is 1. The molecule has 108 valence electrons. The van der Waals surface area contributed by atoms with Crippen molar-refractivity contribution in [1.29, 1.82) is 0 Å². The summed E-state index contributed by atoms with van der Waals surface area (Å²) in [5.41, 5.74) is 2.86. The molecule has 0 radical (unpaired) electrons. The van der Waals surface area contributed by atoms with E-state index in [1.54, 1.807) is 0 Å². The van der Waals surface area contributed by atoms with Crippen molar-refractivity contribution in [2.75, 3.05) is 0 Å². The van der Waals surface area contributed by atoms with Crippen LogP contribution in [0.25, 0.3) is 0 Å². The van der Waals surface area contributed by atoms with Gasteiger partial charge in [0.05, 0.1) is 5.69 Å². The molecule has 0 bridgehead atoms. The Kier molecular flexibility index (Phi) is 4.12. The third-order valence-corrected chi connectivity index (χ3v) is 3.77. The van der Waals surface area contributed by atoms with Gasteiger partial charge in [-0.1, -0.05) is 83.3 Å². The van der Waals surface area contributed by atoms with Crippen molar-refractivity contribution < 1.29 is 4.74 Å². The maximum absolute atomic E-state index is 5.98. The second-order valence-corrected chi connectivity index (χ2v) is 7.05. The number of para-hydroxylation sites is 1. The molecule has 0 N–H and O–H groups in total. The number of hydrogen-bond acceptors (Lipinski definition) is 2. The molecular weight excluding hydrogens is 329 g/mol. The van der Waals surface area contributed by atoms with E-state index in [0.29, 0.717) is 6.42 Å². The number of hydrogen-bond donors (Lipinski definition) is 0. The van der Waals surface area contributed by atoms with Gasteiger partial charge in [0.2, 0.25) is 5.90 Å². The maximum Gasteiger partial charge on any atom is 0.266 e. The predicted molar refractivity (Wildman–Crippen MR) is 87.8 cm³/mol. The van der Waals surface area contributed by atoms with Crippen LogP contribution in [0.3, 0.4) is 0 Å². The van der Waals surface area contributed by atoms with Crippen molar-refractivity contribution in [3.8, 4) is 0 Å².